The number of carbonyl (C=O) groups is 1. The second-order valence-electron chi connectivity index (χ2n) is 6.20. The number of pyridine rings is 1. The van der Waals surface area contributed by atoms with Gasteiger partial charge in [0.2, 0.25) is 5.88 Å². The second-order valence-corrected chi connectivity index (χ2v) is 7.49. The summed E-state index contributed by atoms with van der Waals surface area (Å²) in [6, 6.07) is 15.1. The number of hydrogen-bond donors (Lipinski definition) is 2. The summed E-state index contributed by atoms with van der Waals surface area (Å²) in [5, 5.41) is 3.79. The third-order valence-electron chi connectivity index (χ3n) is 4.05. The summed E-state index contributed by atoms with van der Waals surface area (Å²) in [5.74, 6) is 6.03. The number of carbonyl (C=O) groups excluding carboxylic acids is 1. The topological polar surface area (TPSA) is 80.5 Å². The maximum absolute atomic E-state index is 11.9. The molecule has 27 heavy (non-hydrogen) atoms. The van der Waals surface area contributed by atoms with Crippen LogP contribution in [0.1, 0.15) is 16.0 Å². The van der Waals surface area contributed by atoms with Crippen molar-refractivity contribution in [1.82, 2.24) is 9.99 Å². The first kappa shape index (κ1) is 18.9. The van der Waals surface area contributed by atoms with Gasteiger partial charge in [0.1, 0.15) is 6.61 Å². The third kappa shape index (κ3) is 4.64. The van der Waals surface area contributed by atoms with Crippen LogP contribution in [0.2, 0.25) is 0 Å². The Bertz CT molecular complexity index is 953. The molecule has 0 fully saturated rings. The summed E-state index contributed by atoms with van der Waals surface area (Å²) in [6.45, 7) is 4.33. The Morgan fingerprint density at radius 3 is 2.67 bits per heavy atom. The molecule has 1 aromatic carbocycles. The van der Waals surface area contributed by atoms with Crippen molar-refractivity contribution < 1.29 is 9.53 Å². The van der Waals surface area contributed by atoms with E-state index in [1.165, 1.54) is 11.9 Å². The molecule has 3 rings (SSSR count). The number of thiophene rings is 1. The van der Waals surface area contributed by atoms with Crippen LogP contribution in [0.3, 0.4) is 0 Å². The Hall–Kier alpha value is -2.90. The van der Waals surface area contributed by atoms with Gasteiger partial charge in [-0.2, -0.15) is 0 Å². The molecule has 2 amide bonds. The summed E-state index contributed by atoms with van der Waals surface area (Å²) < 4.78 is 5.92. The maximum atomic E-state index is 11.9. The SMILES string of the molecule is Cc1ccc(-c2cccc(OCc3c(C)cccc3NC(=O)N(C)N)n2)s1. The average molecular weight is 382 g/mol. The van der Waals surface area contributed by atoms with Crippen molar-refractivity contribution in [3.05, 3.63) is 64.5 Å². The molecule has 0 bridgehead atoms. The Kier molecular flexibility index (Phi) is 5.73. The lowest BCUT2D eigenvalue weighted by Gasteiger charge is -2.17. The van der Waals surface area contributed by atoms with Crippen molar-refractivity contribution in [2.24, 2.45) is 5.84 Å². The van der Waals surface area contributed by atoms with Crippen molar-refractivity contribution in [3.63, 3.8) is 0 Å². The number of nitrogens with two attached hydrogens (primary N) is 1. The molecule has 140 valence electrons. The standard InChI is InChI=1S/C20H22N4O2S/c1-13-6-4-7-16(23-20(25)24(3)21)15(13)12-26-19-9-5-8-17(22-19)18-11-10-14(2)27-18/h4-11H,12,21H2,1-3H3,(H,23,25). The molecule has 3 aromatic rings. The number of urea groups is 1. The highest BCUT2D eigenvalue weighted by atomic mass is 32.1. The predicted octanol–water partition coefficient (Wildman–Crippen LogP) is 4.34. The number of benzene rings is 1. The highest BCUT2D eigenvalue weighted by molar-refractivity contribution is 7.15. The van der Waals surface area contributed by atoms with Crippen LogP contribution in [-0.2, 0) is 6.61 Å². The fourth-order valence-electron chi connectivity index (χ4n) is 2.57. The summed E-state index contributed by atoms with van der Waals surface area (Å²) in [4.78, 5) is 18.8. The molecule has 0 aliphatic heterocycles. The minimum Gasteiger partial charge on any atom is -0.473 e. The predicted molar refractivity (Wildman–Crippen MR) is 109 cm³/mol. The van der Waals surface area contributed by atoms with Gasteiger partial charge in [-0.25, -0.2) is 15.6 Å². The monoisotopic (exact) mass is 382 g/mol. The van der Waals surface area contributed by atoms with E-state index in [1.54, 1.807) is 11.3 Å². The number of nitrogens with one attached hydrogen (secondary N) is 1. The molecule has 0 saturated carbocycles. The zero-order valence-electron chi connectivity index (χ0n) is 15.5. The highest BCUT2D eigenvalue weighted by Gasteiger charge is 2.12. The van der Waals surface area contributed by atoms with Crippen molar-refractivity contribution >= 4 is 23.1 Å². The van der Waals surface area contributed by atoms with E-state index in [2.05, 4.69) is 29.4 Å². The van der Waals surface area contributed by atoms with Crippen molar-refractivity contribution in [3.8, 4) is 16.5 Å². The zero-order chi connectivity index (χ0) is 19.4. The summed E-state index contributed by atoms with van der Waals surface area (Å²) in [6.07, 6.45) is 0. The van der Waals surface area contributed by atoms with Gasteiger partial charge in [0, 0.05) is 29.2 Å². The summed E-state index contributed by atoms with van der Waals surface area (Å²) >= 11 is 1.70. The molecule has 0 atom stereocenters. The van der Waals surface area contributed by atoms with Crippen LogP contribution in [0.15, 0.2) is 48.5 Å². The van der Waals surface area contributed by atoms with E-state index in [0.717, 1.165) is 26.7 Å². The van der Waals surface area contributed by atoms with Gasteiger partial charge in [-0.05, 0) is 43.7 Å². The zero-order valence-corrected chi connectivity index (χ0v) is 16.3. The molecule has 0 saturated heterocycles. The molecule has 2 heterocycles. The quantitative estimate of drug-likeness (QED) is 0.391. The van der Waals surface area contributed by atoms with E-state index in [-0.39, 0.29) is 6.61 Å². The van der Waals surface area contributed by atoms with Crippen LogP contribution in [0.25, 0.3) is 10.6 Å². The second kappa shape index (κ2) is 8.20. The smallest absolute Gasteiger partial charge is 0.335 e. The number of amides is 2. The number of hydrogen-bond acceptors (Lipinski definition) is 5. The van der Waals surface area contributed by atoms with Crippen molar-refractivity contribution in [1.29, 1.82) is 0 Å². The van der Waals surface area contributed by atoms with Crippen LogP contribution < -0.4 is 15.9 Å². The van der Waals surface area contributed by atoms with Gasteiger partial charge in [0.15, 0.2) is 0 Å². The number of hydrazine groups is 1. The number of rotatable bonds is 5. The fourth-order valence-corrected chi connectivity index (χ4v) is 3.40. The Balaban J connectivity index is 1.78. The van der Waals surface area contributed by atoms with Gasteiger partial charge >= 0.3 is 6.03 Å². The number of anilines is 1. The summed E-state index contributed by atoms with van der Waals surface area (Å²) in [7, 11) is 1.49. The van der Waals surface area contributed by atoms with Gasteiger partial charge < -0.3 is 10.1 Å². The first-order chi connectivity index (χ1) is 12.9. The lowest BCUT2D eigenvalue weighted by atomic mass is 10.1. The van der Waals surface area contributed by atoms with Crippen LogP contribution in [-0.4, -0.2) is 23.1 Å². The molecule has 7 heteroatoms. The van der Waals surface area contributed by atoms with Crippen LogP contribution in [0.5, 0.6) is 5.88 Å². The van der Waals surface area contributed by atoms with Gasteiger partial charge in [0.05, 0.1) is 10.6 Å². The third-order valence-corrected chi connectivity index (χ3v) is 5.08. The molecule has 0 aliphatic rings. The van der Waals surface area contributed by atoms with Crippen molar-refractivity contribution in [2.75, 3.05) is 12.4 Å². The molecule has 0 aliphatic carbocycles. The molecule has 2 aromatic heterocycles. The minimum atomic E-state index is -0.393. The Morgan fingerprint density at radius 1 is 1.19 bits per heavy atom. The molecule has 0 unspecified atom stereocenters. The van der Waals surface area contributed by atoms with E-state index in [0.29, 0.717) is 11.6 Å². The van der Waals surface area contributed by atoms with E-state index in [1.807, 2.05) is 43.3 Å². The summed E-state index contributed by atoms with van der Waals surface area (Å²) in [5.41, 5.74) is 3.44. The largest absolute Gasteiger partial charge is 0.473 e. The van der Waals surface area contributed by atoms with Crippen LogP contribution in [0.4, 0.5) is 10.5 Å². The number of aromatic nitrogens is 1. The normalized spacial score (nSPS) is 10.5. The van der Waals surface area contributed by atoms with Gasteiger partial charge in [0.25, 0.3) is 0 Å². The fraction of sp³-hybridized carbons (Fsp3) is 0.200. The molecule has 3 N–H and O–H groups in total. The Morgan fingerprint density at radius 2 is 1.96 bits per heavy atom. The first-order valence-electron chi connectivity index (χ1n) is 8.48. The number of nitrogens with zero attached hydrogens (tertiary/aromatic N) is 2. The van der Waals surface area contributed by atoms with E-state index < -0.39 is 6.03 Å². The van der Waals surface area contributed by atoms with Crippen molar-refractivity contribution in [2.45, 2.75) is 20.5 Å². The van der Waals surface area contributed by atoms with Crippen LogP contribution in [0, 0.1) is 13.8 Å². The molecule has 6 nitrogen and oxygen atoms in total. The lowest BCUT2D eigenvalue weighted by molar-refractivity contribution is 0.223. The molecule has 0 radical (unpaired) electrons. The first-order valence-corrected chi connectivity index (χ1v) is 9.30. The van der Waals surface area contributed by atoms with Gasteiger partial charge in [-0.1, -0.05) is 18.2 Å². The molecular weight excluding hydrogens is 360 g/mol. The molecule has 0 spiro atoms. The lowest BCUT2D eigenvalue weighted by Crippen LogP contribution is -2.37. The number of aryl methyl sites for hydroxylation is 2. The van der Waals surface area contributed by atoms with E-state index in [4.69, 9.17) is 10.6 Å². The minimum absolute atomic E-state index is 0.288. The van der Waals surface area contributed by atoms with E-state index in [9.17, 15) is 4.79 Å². The van der Waals surface area contributed by atoms with Gasteiger partial charge in [-0.3, -0.25) is 5.01 Å². The highest BCUT2D eigenvalue weighted by Crippen LogP contribution is 2.28. The number of ether oxygens (including phenoxy) is 1. The average Bonchev–Trinajstić information content (AvgIpc) is 3.08. The maximum Gasteiger partial charge on any atom is 0.335 e. The van der Waals surface area contributed by atoms with E-state index >= 15 is 0 Å². The molecular formula is C20H22N4O2S. The Labute approximate surface area is 162 Å². The van der Waals surface area contributed by atoms with Gasteiger partial charge in [-0.15, -0.1) is 11.3 Å². The van der Waals surface area contributed by atoms with Crippen LogP contribution >= 0.6 is 11.3 Å².